The van der Waals surface area contributed by atoms with Crippen LogP contribution in [0.3, 0.4) is 0 Å². The summed E-state index contributed by atoms with van der Waals surface area (Å²) in [5.41, 5.74) is 2.61. The number of rotatable bonds is 4. The maximum Gasteiger partial charge on any atom is 0.573 e. The van der Waals surface area contributed by atoms with Crippen LogP contribution in [-0.4, -0.2) is 24.2 Å². The van der Waals surface area contributed by atoms with Crippen LogP contribution in [0.5, 0.6) is 5.75 Å². The van der Waals surface area contributed by atoms with Crippen LogP contribution in [0.25, 0.3) is 0 Å². The first-order valence-corrected chi connectivity index (χ1v) is 8.21. The molecule has 142 valence electrons. The lowest BCUT2D eigenvalue weighted by Gasteiger charge is -2.20. The van der Waals surface area contributed by atoms with E-state index in [0.29, 0.717) is 11.4 Å². The van der Waals surface area contributed by atoms with Gasteiger partial charge in [-0.15, -0.1) is 13.2 Å². The number of carbonyl (C=O) groups is 2. The summed E-state index contributed by atoms with van der Waals surface area (Å²) in [6, 6.07) is 9.71. The van der Waals surface area contributed by atoms with Gasteiger partial charge in [0.05, 0.1) is 12.1 Å². The molecule has 1 saturated heterocycles. The number of benzene rings is 2. The quantitative estimate of drug-likeness (QED) is 0.819. The average molecular weight is 378 g/mol. The number of amides is 2. The lowest BCUT2D eigenvalue weighted by molar-refractivity contribution is -0.274. The molecule has 1 N–H and O–H groups in total. The van der Waals surface area contributed by atoms with Gasteiger partial charge < -0.3 is 10.1 Å². The number of halogens is 3. The first-order valence-electron chi connectivity index (χ1n) is 8.21. The molecule has 2 aromatic rings. The Hall–Kier alpha value is -3.03. The van der Waals surface area contributed by atoms with E-state index in [-0.39, 0.29) is 18.1 Å². The molecule has 2 amide bonds. The van der Waals surface area contributed by atoms with E-state index in [1.807, 2.05) is 32.0 Å². The minimum absolute atomic E-state index is 0.0343. The van der Waals surface area contributed by atoms with Crippen LogP contribution < -0.4 is 15.0 Å². The number of imide groups is 1. The van der Waals surface area contributed by atoms with Gasteiger partial charge in [0.15, 0.2) is 0 Å². The molecule has 0 radical (unpaired) electrons. The van der Waals surface area contributed by atoms with Crippen molar-refractivity contribution in [2.45, 2.75) is 32.7 Å². The standard InChI is InChI=1S/C19H17F3N2O3/c1-11-4-3-5-12(2)17(11)24-16(25)10-15(18(24)26)23-13-6-8-14(9-7-13)27-19(20,21)22/h3-9,15,23H,10H2,1-2H3/t15-/m1/s1. The average Bonchev–Trinajstić information content (AvgIpc) is 2.83. The molecule has 1 aliphatic rings. The second-order valence-corrected chi connectivity index (χ2v) is 6.28. The molecule has 0 bridgehead atoms. The van der Waals surface area contributed by atoms with Gasteiger partial charge in [-0.3, -0.25) is 9.59 Å². The topological polar surface area (TPSA) is 58.6 Å². The number of carbonyl (C=O) groups excluding carboxylic acids is 2. The van der Waals surface area contributed by atoms with Gasteiger partial charge in [-0.1, -0.05) is 18.2 Å². The minimum Gasteiger partial charge on any atom is -0.406 e. The van der Waals surface area contributed by atoms with Gasteiger partial charge in [0.25, 0.3) is 5.91 Å². The molecule has 0 aliphatic carbocycles. The van der Waals surface area contributed by atoms with Crippen molar-refractivity contribution in [1.29, 1.82) is 0 Å². The van der Waals surface area contributed by atoms with E-state index in [2.05, 4.69) is 10.1 Å². The molecule has 2 aromatic carbocycles. The molecule has 1 aliphatic heterocycles. The van der Waals surface area contributed by atoms with E-state index in [1.165, 1.54) is 17.0 Å². The van der Waals surface area contributed by atoms with Gasteiger partial charge in [0, 0.05) is 5.69 Å². The van der Waals surface area contributed by atoms with Crippen molar-refractivity contribution < 1.29 is 27.5 Å². The first kappa shape index (κ1) is 18.8. The van der Waals surface area contributed by atoms with Crippen molar-refractivity contribution >= 4 is 23.2 Å². The Kier molecular flexibility index (Phi) is 4.82. The summed E-state index contributed by atoms with van der Waals surface area (Å²) in [4.78, 5) is 26.3. The first-order chi connectivity index (χ1) is 12.7. The van der Waals surface area contributed by atoms with Crippen LogP contribution in [-0.2, 0) is 9.59 Å². The van der Waals surface area contributed by atoms with Crippen molar-refractivity contribution in [3.05, 3.63) is 53.6 Å². The fraction of sp³-hybridized carbons (Fsp3) is 0.263. The number of para-hydroxylation sites is 1. The summed E-state index contributed by atoms with van der Waals surface area (Å²) in [6.07, 6.45) is -4.80. The predicted molar refractivity (Wildman–Crippen MR) is 93.6 cm³/mol. The SMILES string of the molecule is Cc1cccc(C)c1N1C(=O)C[C@@H](Nc2ccc(OC(F)(F)F)cc2)C1=O. The molecular formula is C19H17F3N2O3. The number of nitrogens with zero attached hydrogens (tertiary/aromatic N) is 1. The van der Waals surface area contributed by atoms with Crippen LogP contribution in [0.2, 0.25) is 0 Å². The Bertz CT molecular complexity index is 859. The summed E-state index contributed by atoms with van der Waals surface area (Å²) in [6.45, 7) is 3.64. The number of ether oxygens (including phenoxy) is 1. The normalized spacial score (nSPS) is 17.4. The maximum atomic E-state index is 12.7. The van der Waals surface area contributed by atoms with Crippen LogP contribution in [0.4, 0.5) is 24.5 Å². The summed E-state index contributed by atoms with van der Waals surface area (Å²) >= 11 is 0. The summed E-state index contributed by atoms with van der Waals surface area (Å²) in [5.74, 6) is -1.08. The third-order valence-electron chi connectivity index (χ3n) is 4.24. The van der Waals surface area contributed by atoms with Crippen molar-refractivity contribution in [1.82, 2.24) is 0 Å². The van der Waals surface area contributed by atoms with E-state index in [0.717, 1.165) is 23.3 Å². The number of aryl methyl sites for hydroxylation is 2. The van der Waals surface area contributed by atoms with Crippen molar-refractivity contribution in [3.8, 4) is 5.75 Å². The fourth-order valence-electron chi connectivity index (χ4n) is 3.09. The molecule has 1 heterocycles. The molecule has 3 rings (SSSR count). The van der Waals surface area contributed by atoms with Crippen LogP contribution in [0, 0.1) is 13.8 Å². The van der Waals surface area contributed by atoms with Gasteiger partial charge in [0.2, 0.25) is 5.91 Å². The molecule has 1 fully saturated rings. The Morgan fingerprint density at radius 2 is 1.63 bits per heavy atom. The highest BCUT2D eigenvalue weighted by atomic mass is 19.4. The van der Waals surface area contributed by atoms with E-state index in [1.54, 1.807) is 0 Å². The number of alkyl halides is 3. The Balaban J connectivity index is 1.76. The number of nitrogens with one attached hydrogen (secondary N) is 1. The van der Waals surface area contributed by atoms with Gasteiger partial charge in [0.1, 0.15) is 11.8 Å². The number of anilines is 2. The van der Waals surface area contributed by atoms with E-state index in [4.69, 9.17) is 0 Å². The van der Waals surface area contributed by atoms with E-state index >= 15 is 0 Å². The van der Waals surface area contributed by atoms with E-state index in [9.17, 15) is 22.8 Å². The Morgan fingerprint density at radius 1 is 1.04 bits per heavy atom. The third-order valence-corrected chi connectivity index (χ3v) is 4.24. The largest absolute Gasteiger partial charge is 0.573 e. The zero-order valence-corrected chi connectivity index (χ0v) is 14.6. The smallest absolute Gasteiger partial charge is 0.406 e. The van der Waals surface area contributed by atoms with Crippen molar-refractivity contribution in [2.75, 3.05) is 10.2 Å². The Morgan fingerprint density at radius 3 is 2.19 bits per heavy atom. The number of hydrogen-bond acceptors (Lipinski definition) is 4. The second-order valence-electron chi connectivity index (χ2n) is 6.28. The fourth-order valence-corrected chi connectivity index (χ4v) is 3.09. The molecule has 0 saturated carbocycles. The molecule has 0 unspecified atom stereocenters. The predicted octanol–water partition coefficient (Wildman–Crippen LogP) is 3.95. The molecular weight excluding hydrogens is 361 g/mol. The zero-order valence-electron chi connectivity index (χ0n) is 14.6. The third kappa shape index (κ3) is 4.05. The Labute approximate surface area is 153 Å². The lowest BCUT2D eigenvalue weighted by atomic mass is 10.1. The zero-order chi connectivity index (χ0) is 19.8. The number of hydrogen-bond donors (Lipinski definition) is 1. The highest BCUT2D eigenvalue weighted by molar-refractivity contribution is 6.23. The lowest BCUT2D eigenvalue weighted by Crippen LogP contribution is -2.35. The van der Waals surface area contributed by atoms with Gasteiger partial charge in [-0.2, -0.15) is 0 Å². The van der Waals surface area contributed by atoms with Gasteiger partial charge >= 0.3 is 6.36 Å². The van der Waals surface area contributed by atoms with Gasteiger partial charge in [-0.25, -0.2) is 4.90 Å². The van der Waals surface area contributed by atoms with Crippen LogP contribution in [0.15, 0.2) is 42.5 Å². The molecule has 1 atom stereocenters. The molecule has 27 heavy (non-hydrogen) atoms. The van der Waals surface area contributed by atoms with Gasteiger partial charge in [-0.05, 0) is 49.2 Å². The van der Waals surface area contributed by atoms with Crippen molar-refractivity contribution in [2.24, 2.45) is 0 Å². The molecule has 0 aromatic heterocycles. The monoisotopic (exact) mass is 378 g/mol. The molecule has 0 spiro atoms. The maximum absolute atomic E-state index is 12.7. The minimum atomic E-state index is -4.77. The van der Waals surface area contributed by atoms with Crippen LogP contribution in [0.1, 0.15) is 17.5 Å². The molecule has 8 heteroatoms. The highest BCUT2D eigenvalue weighted by Gasteiger charge is 2.40. The second kappa shape index (κ2) is 6.94. The highest BCUT2D eigenvalue weighted by Crippen LogP contribution is 2.31. The van der Waals surface area contributed by atoms with Crippen molar-refractivity contribution in [3.63, 3.8) is 0 Å². The summed E-state index contributed by atoms with van der Waals surface area (Å²) in [5, 5.41) is 2.90. The summed E-state index contributed by atoms with van der Waals surface area (Å²) in [7, 11) is 0. The van der Waals surface area contributed by atoms with Crippen LogP contribution >= 0.6 is 0 Å². The van der Waals surface area contributed by atoms with E-state index < -0.39 is 18.3 Å². The molecule has 5 nitrogen and oxygen atoms in total. The summed E-state index contributed by atoms with van der Waals surface area (Å²) < 4.78 is 40.4.